The molecule has 5 heteroatoms. The zero-order valence-electron chi connectivity index (χ0n) is 16.8. The fourth-order valence-corrected chi connectivity index (χ4v) is 2.99. The van der Waals surface area contributed by atoms with Crippen LogP contribution < -0.4 is 0 Å². The van der Waals surface area contributed by atoms with E-state index in [4.69, 9.17) is 0 Å². The second-order valence-corrected chi connectivity index (χ2v) is 6.92. The van der Waals surface area contributed by atoms with Gasteiger partial charge in [0, 0.05) is 17.5 Å². The quantitative estimate of drug-likeness (QED) is 0.173. The molecule has 1 nitrogen and oxygen atoms in total. The van der Waals surface area contributed by atoms with Crippen LogP contribution in [0.3, 0.4) is 0 Å². The van der Waals surface area contributed by atoms with Gasteiger partial charge in [0.15, 0.2) is 11.6 Å². The summed E-state index contributed by atoms with van der Waals surface area (Å²) in [5, 5.41) is 1.94. The van der Waals surface area contributed by atoms with Crippen LogP contribution in [-0.2, 0) is 0 Å². The number of thiocarbonyl (C=S) groups is 1. The molecule has 0 aliphatic rings. The van der Waals surface area contributed by atoms with E-state index in [2.05, 4.69) is 36.0 Å². The Bertz CT molecular complexity index is 1200. The summed E-state index contributed by atoms with van der Waals surface area (Å²) in [6.07, 6.45) is 4.76. The average Bonchev–Trinajstić information content (AvgIpc) is 2.76. The average molecular weight is 433 g/mol. The minimum absolute atomic E-state index is 0.238. The molecule has 0 N–H and O–H groups in total. The third kappa shape index (κ3) is 5.79. The molecule has 154 valence electrons. The van der Waals surface area contributed by atoms with Crippen molar-refractivity contribution in [2.75, 3.05) is 0 Å². The number of halogens is 3. The second-order valence-electron chi connectivity index (χ2n) is 6.74. The molecule has 3 aromatic carbocycles. The van der Waals surface area contributed by atoms with Gasteiger partial charge < -0.3 is 0 Å². The molecule has 0 heterocycles. The van der Waals surface area contributed by atoms with Gasteiger partial charge >= 0.3 is 0 Å². The standard InChI is InChI=1S/C26H18F3NS/c1-2-3-4-5-18-6-9-20(10-7-18)22-13-12-21(23(27)16-22)11-8-19-14-24(28)26(30-17-31)25(29)15-19/h6-16H,2-3H2,1H3/b11-8+. The van der Waals surface area contributed by atoms with Crippen molar-refractivity contribution in [1.29, 1.82) is 0 Å². The van der Waals surface area contributed by atoms with Crippen molar-refractivity contribution in [3.63, 3.8) is 0 Å². The molecule has 0 aliphatic carbocycles. The highest BCUT2D eigenvalue weighted by molar-refractivity contribution is 7.78. The lowest BCUT2D eigenvalue weighted by atomic mass is 10.0. The molecule has 0 saturated heterocycles. The van der Waals surface area contributed by atoms with Gasteiger partial charge in [-0.3, -0.25) is 0 Å². The molecule has 3 aromatic rings. The van der Waals surface area contributed by atoms with Crippen molar-refractivity contribution >= 4 is 35.2 Å². The first kappa shape index (κ1) is 22.2. The lowest BCUT2D eigenvalue weighted by molar-refractivity contribution is 0.587. The summed E-state index contributed by atoms with van der Waals surface area (Å²) in [7, 11) is 0. The van der Waals surface area contributed by atoms with Crippen LogP contribution in [0, 0.1) is 29.3 Å². The van der Waals surface area contributed by atoms with Crippen LogP contribution in [-0.4, -0.2) is 5.16 Å². The van der Waals surface area contributed by atoms with E-state index in [9.17, 15) is 13.2 Å². The third-order valence-electron chi connectivity index (χ3n) is 4.48. The number of aliphatic imine (C=N–C) groups is 1. The minimum atomic E-state index is -0.865. The summed E-state index contributed by atoms with van der Waals surface area (Å²) in [6.45, 7) is 2.08. The van der Waals surface area contributed by atoms with Gasteiger partial charge in [0.1, 0.15) is 11.5 Å². The molecule has 0 radical (unpaired) electrons. The van der Waals surface area contributed by atoms with Gasteiger partial charge in [0.25, 0.3) is 0 Å². The van der Waals surface area contributed by atoms with Crippen LogP contribution in [0.15, 0.2) is 59.6 Å². The summed E-state index contributed by atoms with van der Waals surface area (Å²) in [5.74, 6) is 4.02. The van der Waals surface area contributed by atoms with Crippen molar-refractivity contribution in [3.8, 4) is 23.0 Å². The van der Waals surface area contributed by atoms with E-state index in [0.29, 0.717) is 5.56 Å². The Morgan fingerprint density at radius 1 is 0.871 bits per heavy atom. The van der Waals surface area contributed by atoms with Gasteiger partial charge in [-0.25, -0.2) is 13.2 Å². The Hall–Kier alpha value is -3.45. The Balaban J connectivity index is 1.80. The highest BCUT2D eigenvalue weighted by Crippen LogP contribution is 2.26. The first-order valence-electron chi connectivity index (χ1n) is 9.65. The highest BCUT2D eigenvalue weighted by Gasteiger charge is 2.09. The van der Waals surface area contributed by atoms with Crippen molar-refractivity contribution in [2.24, 2.45) is 4.99 Å². The summed E-state index contributed by atoms with van der Waals surface area (Å²) in [5.41, 5.74) is 2.55. The van der Waals surface area contributed by atoms with E-state index in [-0.39, 0.29) is 5.56 Å². The van der Waals surface area contributed by atoms with Crippen LogP contribution in [0.25, 0.3) is 23.3 Å². The van der Waals surface area contributed by atoms with Crippen molar-refractivity contribution in [1.82, 2.24) is 0 Å². The predicted molar refractivity (Wildman–Crippen MR) is 124 cm³/mol. The largest absolute Gasteiger partial charge is 0.206 e. The van der Waals surface area contributed by atoms with Crippen LogP contribution in [0.2, 0.25) is 0 Å². The SMILES string of the molecule is CCCC#Cc1ccc(-c2ccc(/C=C/c3cc(F)c(N=C=S)c(F)c3)c(F)c2)cc1. The fourth-order valence-electron chi connectivity index (χ4n) is 2.90. The van der Waals surface area contributed by atoms with Crippen LogP contribution in [0.1, 0.15) is 36.5 Å². The summed E-state index contributed by atoms with van der Waals surface area (Å²) < 4.78 is 42.4. The molecule has 31 heavy (non-hydrogen) atoms. The van der Waals surface area contributed by atoms with Gasteiger partial charge in [-0.05, 0) is 65.7 Å². The normalized spacial score (nSPS) is 10.5. The topological polar surface area (TPSA) is 12.4 Å². The van der Waals surface area contributed by atoms with Crippen LogP contribution >= 0.6 is 12.2 Å². The monoisotopic (exact) mass is 433 g/mol. The van der Waals surface area contributed by atoms with Crippen molar-refractivity contribution in [2.45, 2.75) is 19.8 Å². The van der Waals surface area contributed by atoms with Gasteiger partial charge in [0.05, 0.1) is 5.16 Å². The molecule has 0 fully saturated rings. The van der Waals surface area contributed by atoms with E-state index in [1.165, 1.54) is 18.2 Å². The lowest BCUT2D eigenvalue weighted by Gasteiger charge is -2.05. The second kappa shape index (κ2) is 10.5. The summed E-state index contributed by atoms with van der Waals surface area (Å²) in [6, 6.07) is 14.6. The zero-order valence-corrected chi connectivity index (χ0v) is 17.6. The maximum atomic E-state index is 14.6. The Labute approximate surface area is 185 Å². The lowest BCUT2D eigenvalue weighted by Crippen LogP contribution is -1.87. The Morgan fingerprint density at radius 3 is 2.16 bits per heavy atom. The Kier molecular flexibility index (Phi) is 7.56. The van der Waals surface area contributed by atoms with Crippen molar-refractivity contribution in [3.05, 3.63) is 88.7 Å². The molecule has 0 unspecified atom stereocenters. The molecule has 0 spiro atoms. The molecule has 0 aliphatic heterocycles. The minimum Gasteiger partial charge on any atom is -0.206 e. The first-order valence-corrected chi connectivity index (χ1v) is 10.1. The molecular weight excluding hydrogens is 415 g/mol. The van der Waals surface area contributed by atoms with Crippen LogP contribution in [0.5, 0.6) is 0 Å². The van der Waals surface area contributed by atoms with E-state index in [0.717, 1.165) is 41.7 Å². The van der Waals surface area contributed by atoms with E-state index >= 15 is 0 Å². The number of hydrogen-bond acceptors (Lipinski definition) is 2. The molecule has 0 atom stereocenters. The number of hydrogen-bond donors (Lipinski definition) is 0. The molecule has 0 aromatic heterocycles. The molecule has 0 saturated carbocycles. The number of isothiocyanates is 1. The number of benzene rings is 3. The predicted octanol–water partition coefficient (Wildman–Crippen LogP) is 7.83. The fraction of sp³-hybridized carbons (Fsp3) is 0.115. The smallest absolute Gasteiger partial charge is 0.153 e. The van der Waals surface area contributed by atoms with Gasteiger partial charge in [-0.1, -0.05) is 55.2 Å². The maximum absolute atomic E-state index is 14.6. The first-order chi connectivity index (χ1) is 15.0. The summed E-state index contributed by atoms with van der Waals surface area (Å²) in [4.78, 5) is 3.36. The van der Waals surface area contributed by atoms with Gasteiger partial charge in [-0.15, -0.1) is 0 Å². The number of nitrogens with zero attached hydrogens (tertiary/aromatic N) is 1. The van der Waals surface area contributed by atoms with E-state index in [1.54, 1.807) is 12.1 Å². The van der Waals surface area contributed by atoms with Gasteiger partial charge in [-0.2, -0.15) is 4.99 Å². The number of unbranched alkanes of at least 4 members (excludes halogenated alkanes) is 1. The third-order valence-corrected chi connectivity index (χ3v) is 4.57. The van der Waals surface area contributed by atoms with Crippen LogP contribution in [0.4, 0.5) is 18.9 Å². The molecule has 3 rings (SSSR count). The maximum Gasteiger partial charge on any atom is 0.153 e. The molecule has 0 amide bonds. The van der Waals surface area contributed by atoms with Gasteiger partial charge in [0.2, 0.25) is 0 Å². The molecular formula is C26H18F3NS. The van der Waals surface area contributed by atoms with E-state index < -0.39 is 23.1 Å². The zero-order chi connectivity index (χ0) is 22.2. The van der Waals surface area contributed by atoms with Crippen molar-refractivity contribution < 1.29 is 13.2 Å². The molecule has 0 bridgehead atoms. The number of rotatable bonds is 5. The van der Waals surface area contributed by atoms with E-state index in [1.807, 2.05) is 29.4 Å². The Morgan fingerprint density at radius 2 is 1.55 bits per heavy atom. The summed E-state index contributed by atoms with van der Waals surface area (Å²) >= 11 is 4.38. The highest BCUT2D eigenvalue weighted by atomic mass is 32.1.